The van der Waals surface area contributed by atoms with Crippen molar-refractivity contribution in [1.82, 2.24) is 10.6 Å². The minimum absolute atomic E-state index is 0.0185. The lowest BCUT2D eigenvalue weighted by Gasteiger charge is -2.54. The van der Waals surface area contributed by atoms with Crippen LogP contribution in [0, 0.1) is 11.3 Å². The second-order valence-electron chi connectivity index (χ2n) is 15.1. The van der Waals surface area contributed by atoms with E-state index in [-0.39, 0.29) is 50.6 Å². The first kappa shape index (κ1) is 46.7. The third kappa shape index (κ3) is 12.7. The van der Waals surface area contributed by atoms with Gasteiger partial charge < -0.3 is 65.8 Å². The number of aliphatic imine (C=N–C) groups is 1. The van der Waals surface area contributed by atoms with E-state index >= 15 is 0 Å². The lowest BCUT2D eigenvalue weighted by molar-refractivity contribution is -0.332. The summed E-state index contributed by atoms with van der Waals surface area (Å²) >= 11 is 0. The number of aliphatic hydroxyl groups is 2. The summed E-state index contributed by atoms with van der Waals surface area (Å²) in [6, 6.07) is -1.06. The summed E-state index contributed by atoms with van der Waals surface area (Å²) in [6.45, 7) is 12.0. The zero-order valence-electron chi connectivity index (χ0n) is 33.4. The van der Waals surface area contributed by atoms with Crippen LogP contribution in [0.15, 0.2) is 53.6 Å². The zero-order chi connectivity index (χ0) is 41.6. The van der Waals surface area contributed by atoms with Gasteiger partial charge in [0.15, 0.2) is 18.3 Å². The Bertz CT molecular complexity index is 1450. The van der Waals surface area contributed by atoms with E-state index < -0.39 is 77.9 Å². The lowest BCUT2D eigenvalue weighted by Crippen LogP contribution is -2.69. The number of allylic oxidation sites excluding steroid dienone is 5. The number of unbranched alkanes of at least 4 members (excludes halogenated alkanes) is 1. The quantitative estimate of drug-likeness (QED) is 0.0231. The zero-order valence-corrected chi connectivity index (χ0v) is 33.4. The molecule has 56 heavy (non-hydrogen) atoms. The standard InChI is InChI=1S/C39H63N5O12/c1-23-21-39(52-7,56-25(3)24(23)2)32(47)34(48)44-35-31-30(53-22-54-35)33(51-6)38(4,5)28(55-31)20-26(45)16-13-11-9-8-10-12-14-18-29(46)43-27(36(49)50)17-15-19-42-37(40)41/h8-10,12,14,18,24-28,30-33,35,45,47H,1,11,13,15-17,19-22H2,2-7H3,(H,43,46)(H,44,48)(H,49,50)(H4,40,41,42)/b9-8+,12-10+,18-14+/t24-,25-,26-,27+,28-,30+,31+,32+,33-,35+,39-/m1/s1. The predicted octanol–water partition coefficient (Wildman–Crippen LogP) is 1.53. The molecule has 316 valence electrons. The maximum absolute atomic E-state index is 13.5. The molecule has 11 atom stereocenters. The molecule has 9 N–H and O–H groups in total. The molecule has 0 saturated carbocycles. The van der Waals surface area contributed by atoms with Gasteiger partial charge in [-0.3, -0.25) is 14.6 Å². The highest BCUT2D eigenvalue weighted by molar-refractivity contribution is 5.91. The third-order valence-electron chi connectivity index (χ3n) is 10.7. The molecule has 3 aliphatic rings. The molecule has 0 aromatic rings. The summed E-state index contributed by atoms with van der Waals surface area (Å²) in [6.07, 6.45) is 6.58. The fraction of sp³-hybridized carbons (Fsp3) is 0.692. The number of ether oxygens (including phenoxy) is 6. The molecule has 17 heteroatoms. The van der Waals surface area contributed by atoms with Crippen LogP contribution in [0.2, 0.25) is 0 Å². The van der Waals surface area contributed by atoms with Crippen molar-refractivity contribution in [3.05, 3.63) is 48.6 Å². The lowest BCUT2D eigenvalue weighted by atomic mass is 9.72. The van der Waals surface area contributed by atoms with E-state index in [9.17, 15) is 29.7 Å². The maximum atomic E-state index is 13.5. The molecule has 3 heterocycles. The summed E-state index contributed by atoms with van der Waals surface area (Å²) in [4.78, 5) is 40.9. The van der Waals surface area contributed by atoms with Gasteiger partial charge >= 0.3 is 5.97 Å². The Kier molecular flexibility index (Phi) is 18.1. The van der Waals surface area contributed by atoms with Crippen molar-refractivity contribution in [3.8, 4) is 0 Å². The van der Waals surface area contributed by atoms with E-state index in [1.54, 1.807) is 19.3 Å². The number of carbonyl (C=O) groups excluding carboxylic acids is 2. The monoisotopic (exact) mass is 793 g/mol. The van der Waals surface area contributed by atoms with E-state index in [2.05, 4.69) is 22.2 Å². The van der Waals surface area contributed by atoms with Crippen LogP contribution in [0.4, 0.5) is 0 Å². The number of nitrogens with two attached hydrogens (primary N) is 2. The van der Waals surface area contributed by atoms with Crippen LogP contribution in [0.5, 0.6) is 0 Å². The first-order valence-electron chi connectivity index (χ1n) is 19.0. The average molecular weight is 794 g/mol. The predicted molar refractivity (Wildman–Crippen MR) is 207 cm³/mol. The number of nitrogens with one attached hydrogen (secondary N) is 2. The molecule has 0 spiro atoms. The van der Waals surface area contributed by atoms with Gasteiger partial charge in [0.1, 0.15) is 25.0 Å². The minimum atomic E-state index is -1.70. The fourth-order valence-corrected chi connectivity index (χ4v) is 7.20. The molecule has 0 aromatic carbocycles. The van der Waals surface area contributed by atoms with Crippen molar-refractivity contribution >= 4 is 23.7 Å². The van der Waals surface area contributed by atoms with E-state index in [0.29, 0.717) is 25.7 Å². The molecule has 3 saturated heterocycles. The molecular weight excluding hydrogens is 730 g/mol. The molecule has 0 aliphatic carbocycles. The average Bonchev–Trinajstić information content (AvgIpc) is 3.14. The molecule has 0 aromatic heterocycles. The Hall–Kier alpha value is -3.68. The molecule has 17 nitrogen and oxygen atoms in total. The second-order valence-corrected chi connectivity index (χ2v) is 15.1. The van der Waals surface area contributed by atoms with Crippen molar-refractivity contribution in [1.29, 1.82) is 0 Å². The van der Waals surface area contributed by atoms with Gasteiger partial charge in [0, 0.05) is 51.0 Å². The number of nitrogens with zero attached hydrogens (tertiary/aromatic N) is 1. The van der Waals surface area contributed by atoms with Gasteiger partial charge in [0.2, 0.25) is 11.7 Å². The number of aliphatic carboxylic acids is 1. The Morgan fingerprint density at radius 3 is 2.41 bits per heavy atom. The number of amides is 2. The van der Waals surface area contributed by atoms with Gasteiger partial charge in [-0.2, -0.15) is 0 Å². The normalized spacial score (nSPS) is 30.8. The Morgan fingerprint density at radius 1 is 1.05 bits per heavy atom. The van der Waals surface area contributed by atoms with Crippen molar-refractivity contribution in [2.45, 2.75) is 133 Å². The van der Waals surface area contributed by atoms with Gasteiger partial charge in [-0.25, -0.2) is 4.79 Å². The van der Waals surface area contributed by atoms with Gasteiger partial charge in [0.05, 0.1) is 24.4 Å². The van der Waals surface area contributed by atoms with Crippen molar-refractivity contribution in [3.63, 3.8) is 0 Å². The van der Waals surface area contributed by atoms with Crippen LogP contribution < -0.4 is 22.1 Å². The number of hydrogen-bond donors (Lipinski definition) is 7. The molecule has 3 fully saturated rings. The molecule has 0 radical (unpaired) electrons. The number of aliphatic hydroxyl groups excluding tert-OH is 2. The van der Waals surface area contributed by atoms with E-state index in [4.69, 9.17) is 39.9 Å². The van der Waals surface area contributed by atoms with Crippen LogP contribution in [0.3, 0.4) is 0 Å². The Morgan fingerprint density at radius 2 is 1.77 bits per heavy atom. The van der Waals surface area contributed by atoms with Crippen LogP contribution in [-0.4, -0.2) is 127 Å². The number of fused-ring (bicyclic) bond motifs is 1. The summed E-state index contributed by atoms with van der Waals surface area (Å²) in [7, 11) is 2.96. The minimum Gasteiger partial charge on any atom is -0.480 e. The fourth-order valence-electron chi connectivity index (χ4n) is 7.20. The Labute approximate surface area is 329 Å². The smallest absolute Gasteiger partial charge is 0.326 e. The van der Waals surface area contributed by atoms with Crippen LogP contribution in [0.1, 0.15) is 72.6 Å². The summed E-state index contributed by atoms with van der Waals surface area (Å²) in [5.41, 5.74) is 10.7. The van der Waals surface area contributed by atoms with Crippen LogP contribution >= 0.6 is 0 Å². The number of carbonyl (C=O) groups is 3. The highest BCUT2D eigenvalue weighted by Crippen LogP contribution is 2.44. The van der Waals surface area contributed by atoms with Crippen molar-refractivity contribution in [2.75, 3.05) is 27.6 Å². The van der Waals surface area contributed by atoms with Gasteiger partial charge in [-0.1, -0.05) is 63.3 Å². The number of methoxy groups -OCH3 is 2. The molecule has 0 unspecified atom stereocenters. The topological polar surface area (TPSA) is 256 Å². The molecule has 2 amide bonds. The number of guanidine groups is 1. The first-order chi connectivity index (χ1) is 26.5. The third-order valence-corrected chi connectivity index (χ3v) is 10.7. The van der Waals surface area contributed by atoms with E-state index in [1.165, 1.54) is 19.3 Å². The SMILES string of the molecule is C=C1C[C@](OC)([C@@H](O)C(=O)N[C@H]2OCO[C@H]3[C@@H]2O[C@H](C[C@H](O)CCC/C=C/C=C/C=C/C(=O)N[C@@H](CCCN=C(N)N)C(=O)O)C(C)(C)[C@@H]3OC)O[C@H](C)[C@@H]1C. The van der Waals surface area contributed by atoms with Gasteiger partial charge in [-0.05, 0) is 39.0 Å². The molecular formula is C39H63N5O12. The van der Waals surface area contributed by atoms with E-state index in [0.717, 1.165) is 5.57 Å². The van der Waals surface area contributed by atoms with Crippen LogP contribution in [0.25, 0.3) is 0 Å². The van der Waals surface area contributed by atoms with Gasteiger partial charge in [-0.15, -0.1) is 0 Å². The second kappa shape index (κ2) is 21.7. The van der Waals surface area contributed by atoms with Crippen LogP contribution in [-0.2, 0) is 42.8 Å². The van der Waals surface area contributed by atoms with E-state index in [1.807, 2.05) is 39.8 Å². The molecule has 0 bridgehead atoms. The van der Waals surface area contributed by atoms with Gasteiger partial charge in [0.25, 0.3) is 5.91 Å². The van der Waals surface area contributed by atoms with Crippen molar-refractivity contribution < 1.29 is 58.1 Å². The number of carboxylic acid groups (broad SMARTS) is 1. The summed E-state index contributed by atoms with van der Waals surface area (Å²) < 4.78 is 35.9. The Balaban J connectivity index is 1.51. The first-order valence-corrected chi connectivity index (χ1v) is 19.0. The summed E-state index contributed by atoms with van der Waals surface area (Å²) in [5.74, 6) is -4.14. The number of rotatable bonds is 20. The number of carboxylic acids is 1. The maximum Gasteiger partial charge on any atom is 0.326 e. The van der Waals surface area contributed by atoms with Crippen molar-refractivity contribution in [2.24, 2.45) is 27.8 Å². The highest BCUT2D eigenvalue weighted by Gasteiger charge is 2.57. The number of hydrogen-bond acceptors (Lipinski definition) is 12. The summed E-state index contributed by atoms with van der Waals surface area (Å²) in [5, 5.41) is 36.9. The molecule has 3 aliphatic heterocycles. The largest absolute Gasteiger partial charge is 0.480 e. The molecule has 3 rings (SSSR count). The highest BCUT2D eigenvalue weighted by atomic mass is 16.7.